The summed E-state index contributed by atoms with van der Waals surface area (Å²) in [6, 6.07) is 0. The van der Waals surface area contributed by atoms with Gasteiger partial charge >= 0.3 is 39.5 Å². The lowest BCUT2D eigenvalue weighted by Gasteiger charge is -2.21. The van der Waals surface area contributed by atoms with Crippen LogP contribution >= 0.6 is 15.6 Å². The van der Waals surface area contributed by atoms with Crippen molar-refractivity contribution in [2.75, 3.05) is 39.6 Å². The SMILES string of the molecule is CC/C=C\C/C=C\C/C=C\C/C=C\C/C=C\CCCCCC(=O)OCC(COP(=O)(O)OCC(O)COP(=O)(O)OCC(COC(=O)CCCCCCCC/C=C\C/C=C\C/C=C\CCCCC)OC(=O)CCCCCCC/C=C\C/C=C\CCC)OC(=O)CCCCCC/C=C\C/C=C\C/C=C\C/C=C\CC. The highest BCUT2D eigenvalue weighted by molar-refractivity contribution is 7.47. The van der Waals surface area contributed by atoms with E-state index in [0.717, 1.165) is 212 Å². The molecule has 0 spiro atoms. The van der Waals surface area contributed by atoms with Crippen LogP contribution in [0.2, 0.25) is 0 Å². The number of hydrogen-bond acceptors (Lipinski definition) is 15. The molecule has 0 amide bonds. The third-order valence-corrected chi connectivity index (χ3v) is 18.5. The van der Waals surface area contributed by atoms with Crippen molar-refractivity contribution in [2.45, 2.75) is 329 Å². The van der Waals surface area contributed by atoms with Gasteiger partial charge in [-0.25, -0.2) is 9.13 Å². The molecular weight excluding hydrogens is 1400 g/mol. The zero-order valence-electron chi connectivity index (χ0n) is 67.2. The number of ether oxygens (including phenoxy) is 4. The quantitative estimate of drug-likeness (QED) is 0.0169. The van der Waals surface area contributed by atoms with Gasteiger partial charge in [0.25, 0.3) is 0 Å². The van der Waals surface area contributed by atoms with E-state index in [1.54, 1.807) is 0 Å². The number of allylic oxidation sites excluding steroid dienone is 28. The van der Waals surface area contributed by atoms with Crippen LogP contribution < -0.4 is 0 Å². The summed E-state index contributed by atoms with van der Waals surface area (Å²) in [5.41, 5.74) is 0. The maximum Gasteiger partial charge on any atom is 0.472 e. The largest absolute Gasteiger partial charge is 0.472 e. The van der Waals surface area contributed by atoms with Crippen LogP contribution in [0.1, 0.15) is 310 Å². The number of aliphatic hydroxyl groups excluding tert-OH is 1. The maximum atomic E-state index is 13.1. The summed E-state index contributed by atoms with van der Waals surface area (Å²) >= 11 is 0. The van der Waals surface area contributed by atoms with Crippen LogP contribution in [-0.4, -0.2) is 96.7 Å². The number of unbranched alkanes of at least 4 members (excludes halogenated alkanes) is 22. The number of hydrogen-bond donors (Lipinski definition) is 3. The van der Waals surface area contributed by atoms with Gasteiger partial charge in [0, 0.05) is 25.7 Å². The van der Waals surface area contributed by atoms with Crippen molar-refractivity contribution in [3.8, 4) is 0 Å². The van der Waals surface area contributed by atoms with E-state index in [4.69, 9.17) is 37.0 Å². The fraction of sp³-hybridized carbons (Fsp3) is 0.640. The van der Waals surface area contributed by atoms with Gasteiger partial charge in [-0.1, -0.05) is 281 Å². The van der Waals surface area contributed by atoms with Crippen LogP contribution in [-0.2, 0) is 65.4 Å². The van der Waals surface area contributed by atoms with Gasteiger partial charge in [0.15, 0.2) is 12.2 Å². The van der Waals surface area contributed by atoms with E-state index in [0.29, 0.717) is 25.7 Å². The van der Waals surface area contributed by atoms with Crippen molar-refractivity contribution < 1.29 is 80.2 Å². The number of aliphatic hydroxyl groups is 1. The fourth-order valence-electron chi connectivity index (χ4n) is 10.4. The predicted octanol–water partition coefficient (Wildman–Crippen LogP) is 24.6. The molecule has 0 saturated heterocycles. The summed E-state index contributed by atoms with van der Waals surface area (Å²) in [4.78, 5) is 73.2. The topological polar surface area (TPSA) is 237 Å². The third kappa shape index (κ3) is 78.5. The normalized spacial score (nSPS) is 14.7. The smallest absolute Gasteiger partial charge is 0.462 e. The highest BCUT2D eigenvalue weighted by atomic mass is 31.2. The molecule has 17 nitrogen and oxygen atoms in total. The zero-order valence-corrected chi connectivity index (χ0v) is 69.0. The number of phosphoric acid groups is 2. The molecule has 0 aromatic carbocycles. The first-order valence-electron chi connectivity index (χ1n) is 41.4. The Labute approximate surface area is 654 Å². The van der Waals surface area contributed by atoms with Crippen LogP contribution in [0.5, 0.6) is 0 Å². The Bertz CT molecular complexity index is 2710. The monoisotopic (exact) mass is 1550 g/mol. The molecule has 3 N–H and O–H groups in total. The van der Waals surface area contributed by atoms with Crippen molar-refractivity contribution >= 4 is 39.5 Å². The first kappa shape index (κ1) is 102. The van der Waals surface area contributed by atoms with Crippen molar-refractivity contribution in [3.63, 3.8) is 0 Å². The summed E-state index contributed by atoms with van der Waals surface area (Å²) in [6.45, 7) is 4.46. The maximum absolute atomic E-state index is 13.1. The molecule has 0 heterocycles. The second-order valence-corrected chi connectivity index (χ2v) is 29.8. The third-order valence-electron chi connectivity index (χ3n) is 16.6. The molecule has 0 aliphatic rings. The Hall–Kier alpha value is -5.58. The number of esters is 4. The number of carbonyl (C=O) groups is 4. The van der Waals surface area contributed by atoms with Crippen LogP contribution in [0.25, 0.3) is 0 Å². The molecule has 0 aliphatic carbocycles. The average Bonchev–Trinajstić information content (AvgIpc) is 0.886. The van der Waals surface area contributed by atoms with Crippen LogP contribution in [0.4, 0.5) is 0 Å². The summed E-state index contributed by atoms with van der Waals surface area (Å²) in [7, 11) is -10.0. The van der Waals surface area contributed by atoms with E-state index in [-0.39, 0.29) is 25.7 Å². The van der Waals surface area contributed by atoms with E-state index >= 15 is 0 Å². The van der Waals surface area contributed by atoms with Gasteiger partial charge in [-0.3, -0.25) is 37.3 Å². The molecule has 614 valence electrons. The van der Waals surface area contributed by atoms with Gasteiger partial charge in [-0.05, 0) is 173 Å². The summed E-state index contributed by atoms with van der Waals surface area (Å²) in [6.07, 6.45) is 94.6. The highest BCUT2D eigenvalue weighted by Gasteiger charge is 2.30. The number of phosphoric ester groups is 2. The number of rotatable bonds is 76. The van der Waals surface area contributed by atoms with E-state index in [1.807, 2.05) is 0 Å². The van der Waals surface area contributed by atoms with Crippen molar-refractivity contribution in [1.82, 2.24) is 0 Å². The molecule has 108 heavy (non-hydrogen) atoms. The minimum absolute atomic E-state index is 0.0526. The lowest BCUT2D eigenvalue weighted by molar-refractivity contribution is -0.161. The summed E-state index contributed by atoms with van der Waals surface area (Å²) in [5.74, 6) is -2.28. The molecule has 0 rings (SSSR count). The van der Waals surface area contributed by atoms with Gasteiger partial charge in [0.2, 0.25) is 0 Å². The van der Waals surface area contributed by atoms with Crippen LogP contribution in [0.15, 0.2) is 170 Å². The second-order valence-electron chi connectivity index (χ2n) is 26.9. The lowest BCUT2D eigenvalue weighted by Crippen LogP contribution is -2.30. The fourth-order valence-corrected chi connectivity index (χ4v) is 12.0. The summed E-state index contributed by atoms with van der Waals surface area (Å²) < 4.78 is 68.7. The molecular formula is C89H146O17P2. The van der Waals surface area contributed by atoms with Gasteiger partial charge in [0.1, 0.15) is 19.3 Å². The van der Waals surface area contributed by atoms with E-state index in [1.165, 1.54) is 19.3 Å². The van der Waals surface area contributed by atoms with Crippen molar-refractivity contribution in [1.29, 1.82) is 0 Å². The molecule has 0 fully saturated rings. The molecule has 0 aromatic heterocycles. The van der Waals surface area contributed by atoms with E-state index in [9.17, 15) is 43.2 Å². The van der Waals surface area contributed by atoms with Crippen LogP contribution in [0, 0.1) is 0 Å². The lowest BCUT2D eigenvalue weighted by atomic mass is 10.1. The Morgan fingerprint density at radius 1 is 0.269 bits per heavy atom. The van der Waals surface area contributed by atoms with E-state index < -0.39 is 97.5 Å². The average molecular weight is 1550 g/mol. The molecule has 0 bridgehead atoms. The van der Waals surface area contributed by atoms with Gasteiger partial charge in [-0.15, -0.1) is 0 Å². The Morgan fingerprint density at radius 2 is 0.500 bits per heavy atom. The zero-order chi connectivity index (χ0) is 78.9. The second kappa shape index (κ2) is 79.5. The number of carbonyl (C=O) groups excluding carboxylic acids is 4. The first-order valence-corrected chi connectivity index (χ1v) is 44.4. The van der Waals surface area contributed by atoms with Gasteiger partial charge in [-0.2, -0.15) is 0 Å². The molecule has 0 aromatic rings. The van der Waals surface area contributed by atoms with E-state index in [2.05, 4.69) is 198 Å². The van der Waals surface area contributed by atoms with Gasteiger partial charge < -0.3 is 33.8 Å². The standard InChI is InChI=1S/C89H146O17P2/c1-5-9-13-17-21-25-29-33-36-39-41-44-46-50-53-57-61-65-69-73-86(91)99-79-84(105-88(93)75-71-67-63-59-55-49-32-28-24-20-16-12-8-4)81-103-107(95,96)101-77-83(90)78-102-108(97,98)104-82-85(106-89(94)76-72-68-64-60-56-52-48-43-38-35-31-27-23-19-15-11-7-3)80-100-87(92)74-70-66-62-58-54-51-47-45-42-40-37-34-30-26-22-18-14-10-6-2/h10-11,14-16,20-23,25-28,32-38,41-42,44-45,48,51-52,54,83-85,90H,5-9,12-13,17-19,24,29-31,39-40,43,46-47,49-50,53,55-82H2,1-4H3,(H,95,96)(H,97,98)/b14-10-,15-11-,20-16-,25-21-,26-22-,27-23-,32-28-,36-33-,37-34-,38-35-,44-41-,45-42-,52-48-,54-51-. The molecule has 5 unspecified atom stereocenters. The molecule has 5 atom stereocenters. The Morgan fingerprint density at radius 3 is 0.787 bits per heavy atom. The summed E-state index contributed by atoms with van der Waals surface area (Å²) in [5, 5.41) is 10.7. The Kier molecular flexibility index (Phi) is 75.4. The first-order chi connectivity index (χ1) is 52.7. The highest BCUT2D eigenvalue weighted by Crippen LogP contribution is 2.45. The van der Waals surface area contributed by atoms with Crippen LogP contribution in [0.3, 0.4) is 0 Å². The van der Waals surface area contributed by atoms with Crippen molar-refractivity contribution in [2.24, 2.45) is 0 Å². The minimum Gasteiger partial charge on any atom is -0.462 e. The minimum atomic E-state index is -5.00. The molecule has 19 heteroatoms. The molecule has 0 saturated carbocycles. The molecule has 0 radical (unpaired) electrons. The van der Waals surface area contributed by atoms with Gasteiger partial charge in [0.05, 0.1) is 26.4 Å². The molecule has 0 aliphatic heterocycles. The van der Waals surface area contributed by atoms with Crippen molar-refractivity contribution in [3.05, 3.63) is 170 Å². The predicted molar refractivity (Wildman–Crippen MR) is 445 cm³/mol. The Balaban J connectivity index is 5.44.